The molecule has 7 heteroatoms. The van der Waals surface area contributed by atoms with Crippen molar-refractivity contribution in [2.24, 2.45) is 0 Å². The van der Waals surface area contributed by atoms with Crippen molar-refractivity contribution >= 4 is 10.0 Å². The molecule has 1 aromatic heterocycles. The van der Waals surface area contributed by atoms with Crippen LogP contribution in [0.2, 0.25) is 0 Å². The molecule has 2 aromatic rings. The summed E-state index contributed by atoms with van der Waals surface area (Å²) in [6.07, 6.45) is 1.36. The highest BCUT2D eigenvalue weighted by Crippen LogP contribution is 2.13. The number of phenolic OH excluding ortho intramolecular Hbond substituents is 1. The summed E-state index contributed by atoms with van der Waals surface area (Å²) in [5.74, 6) is 0.107. The molecule has 0 spiro atoms. The predicted octanol–water partition coefficient (Wildman–Crippen LogP) is 1.14. The smallest absolute Gasteiger partial charge is 0.243 e. The van der Waals surface area contributed by atoms with Gasteiger partial charge in [-0.3, -0.25) is 0 Å². The quantitative estimate of drug-likeness (QED) is 0.878. The van der Waals surface area contributed by atoms with Crippen molar-refractivity contribution in [3.05, 3.63) is 53.9 Å². The van der Waals surface area contributed by atoms with Crippen molar-refractivity contribution in [2.45, 2.75) is 11.4 Å². The van der Waals surface area contributed by atoms with Gasteiger partial charge in [0.25, 0.3) is 0 Å². The molecule has 0 saturated carbocycles. The SMILES string of the molecule is N#Cc1ncccc1S(=O)(=O)NCc1ccc(O)cc1. The summed E-state index contributed by atoms with van der Waals surface area (Å²) in [5, 5.41) is 18.0. The summed E-state index contributed by atoms with van der Waals surface area (Å²) >= 11 is 0. The van der Waals surface area contributed by atoms with Gasteiger partial charge in [-0.15, -0.1) is 0 Å². The summed E-state index contributed by atoms with van der Waals surface area (Å²) in [4.78, 5) is 3.57. The van der Waals surface area contributed by atoms with E-state index in [1.807, 2.05) is 0 Å². The Morgan fingerprint density at radius 1 is 1.25 bits per heavy atom. The van der Waals surface area contributed by atoms with Crippen LogP contribution >= 0.6 is 0 Å². The first-order valence-electron chi connectivity index (χ1n) is 5.65. The molecule has 102 valence electrons. The molecule has 2 rings (SSSR count). The molecule has 0 aliphatic heterocycles. The number of hydrogen-bond acceptors (Lipinski definition) is 5. The number of aromatic hydroxyl groups is 1. The molecule has 1 heterocycles. The largest absolute Gasteiger partial charge is 0.508 e. The summed E-state index contributed by atoms with van der Waals surface area (Å²) < 4.78 is 26.6. The number of rotatable bonds is 4. The van der Waals surface area contributed by atoms with Gasteiger partial charge in [0, 0.05) is 12.7 Å². The minimum absolute atomic E-state index is 0.0579. The van der Waals surface area contributed by atoms with Crippen LogP contribution in [0.25, 0.3) is 0 Å². The maximum Gasteiger partial charge on any atom is 0.243 e. The second-order valence-electron chi connectivity index (χ2n) is 3.95. The number of phenols is 1. The van der Waals surface area contributed by atoms with E-state index in [1.165, 1.54) is 30.5 Å². The minimum Gasteiger partial charge on any atom is -0.508 e. The number of aromatic nitrogens is 1. The van der Waals surface area contributed by atoms with Gasteiger partial charge in [-0.2, -0.15) is 5.26 Å². The third-order valence-corrected chi connectivity index (χ3v) is 4.00. The third kappa shape index (κ3) is 3.12. The van der Waals surface area contributed by atoms with Crippen molar-refractivity contribution in [1.82, 2.24) is 9.71 Å². The van der Waals surface area contributed by atoms with Crippen LogP contribution in [0, 0.1) is 11.3 Å². The number of pyridine rings is 1. The van der Waals surface area contributed by atoms with E-state index in [0.717, 1.165) is 0 Å². The third-order valence-electron chi connectivity index (χ3n) is 2.57. The molecule has 6 nitrogen and oxygen atoms in total. The molecule has 0 fully saturated rings. The average molecular weight is 289 g/mol. The van der Waals surface area contributed by atoms with Crippen molar-refractivity contribution in [2.75, 3.05) is 0 Å². The molecule has 0 radical (unpaired) electrons. The monoisotopic (exact) mass is 289 g/mol. The molecule has 0 aliphatic rings. The number of nitrogens with one attached hydrogen (secondary N) is 1. The molecular formula is C13H11N3O3S. The predicted molar refractivity (Wildman–Crippen MR) is 71.1 cm³/mol. The van der Waals surface area contributed by atoms with E-state index >= 15 is 0 Å². The Morgan fingerprint density at radius 3 is 2.60 bits per heavy atom. The molecule has 2 N–H and O–H groups in total. The standard InChI is InChI=1S/C13H11N3O3S/c14-8-12-13(2-1-7-15-12)20(18,19)16-9-10-3-5-11(17)6-4-10/h1-7,16-17H,9H2. The van der Waals surface area contributed by atoms with Crippen LogP contribution in [0.15, 0.2) is 47.5 Å². The summed E-state index contributed by atoms with van der Waals surface area (Å²) in [7, 11) is -3.81. The van der Waals surface area contributed by atoms with Gasteiger partial charge in [0.05, 0.1) is 0 Å². The highest BCUT2D eigenvalue weighted by molar-refractivity contribution is 7.89. The van der Waals surface area contributed by atoms with Crippen molar-refractivity contribution in [3.63, 3.8) is 0 Å². The van der Waals surface area contributed by atoms with Gasteiger partial charge in [0.15, 0.2) is 5.69 Å². The Labute approximate surface area is 116 Å². The summed E-state index contributed by atoms with van der Waals surface area (Å²) in [6, 6.07) is 10.7. The van der Waals surface area contributed by atoms with E-state index in [1.54, 1.807) is 18.2 Å². The zero-order chi connectivity index (χ0) is 14.6. The summed E-state index contributed by atoms with van der Waals surface area (Å²) in [6.45, 7) is 0.0579. The topological polar surface area (TPSA) is 103 Å². The number of nitriles is 1. The number of benzene rings is 1. The van der Waals surface area contributed by atoms with Gasteiger partial charge < -0.3 is 5.11 Å². The second kappa shape index (κ2) is 5.69. The fourth-order valence-electron chi connectivity index (χ4n) is 1.56. The van der Waals surface area contributed by atoms with Crippen LogP contribution in [0.1, 0.15) is 11.3 Å². The van der Waals surface area contributed by atoms with Crippen molar-refractivity contribution in [3.8, 4) is 11.8 Å². The van der Waals surface area contributed by atoms with Crippen LogP contribution in [-0.4, -0.2) is 18.5 Å². The van der Waals surface area contributed by atoms with Crippen LogP contribution in [0.3, 0.4) is 0 Å². The van der Waals surface area contributed by atoms with Gasteiger partial charge in [-0.25, -0.2) is 18.1 Å². The average Bonchev–Trinajstić information content (AvgIpc) is 2.46. The Hall–Kier alpha value is -2.43. The van der Waals surface area contributed by atoms with Crippen molar-refractivity contribution in [1.29, 1.82) is 5.26 Å². The molecule has 0 bridgehead atoms. The second-order valence-corrected chi connectivity index (χ2v) is 5.69. The first-order valence-corrected chi connectivity index (χ1v) is 7.14. The van der Waals surface area contributed by atoms with Gasteiger partial charge in [-0.05, 0) is 29.8 Å². The van der Waals surface area contributed by atoms with Crippen LogP contribution in [0.4, 0.5) is 0 Å². The maximum atomic E-state index is 12.1. The highest BCUT2D eigenvalue weighted by Gasteiger charge is 2.18. The molecule has 0 atom stereocenters. The fraction of sp³-hybridized carbons (Fsp3) is 0.0769. The molecule has 0 unspecified atom stereocenters. The van der Waals surface area contributed by atoms with E-state index in [9.17, 15) is 8.42 Å². The zero-order valence-electron chi connectivity index (χ0n) is 10.3. The lowest BCUT2D eigenvalue weighted by Crippen LogP contribution is -2.24. The van der Waals surface area contributed by atoms with E-state index < -0.39 is 10.0 Å². The van der Waals surface area contributed by atoms with Gasteiger partial charge in [-0.1, -0.05) is 12.1 Å². The Bertz CT molecular complexity index is 749. The van der Waals surface area contributed by atoms with Gasteiger partial charge in [0.1, 0.15) is 16.7 Å². The Morgan fingerprint density at radius 2 is 1.95 bits per heavy atom. The zero-order valence-corrected chi connectivity index (χ0v) is 11.1. The lowest BCUT2D eigenvalue weighted by Gasteiger charge is -2.07. The molecule has 20 heavy (non-hydrogen) atoms. The number of sulfonamides is 1. The van der Waals surface area contributed by atoms with Gasteiger partial charge >= 0.3 is 0 Å². The number of hydrogen-bond donors (Lipinski definition) is 2. The van der Waals surface area contributed by atoms with Crippen LogP contribution in [0.5, 0.6) is 5.75 Å². The molecule has 0 amide bonds. The molecule has 1 aromatic carbocycles. The van der Waals surface area contributed by atoms with E-state index in [4.69, 9.17) is 10.4 Å². The Balaban J connectivity index is 2.20. The first kappa shape index (κ1) is 14.0. The van der Waals surface area contributed by atoms with E-state index in [0.29, 0.717) is 5.56 Å². The lowest BCUT2D eigenvalue weighted by molar-refractivity contribution is 0.475. The highest BCUT2D eigenvalue weighted by atomic mass is 32.2. The van der Waals surface area contributed by atoms with Crippen LogP contribution < -0.4 is 4.72 Å². The molecule has 0 aliphatic carbocycles. The maximum absolute atomic E-state index is 12.1. The first-order chi connectivity index (χ1) is 9.53. The molecule has 0 saturated heterocycles. The summed E-state index contributed by atoms with van der Waals surface area (Å²) in [5.41, 5.74) is 0.541. The normalized spacial score (nSPS) is 10.9. The van der Waals surface area contributed by atoms with Crippen LogP contribution in [-0.2, 0) is 16.6 Å². The lowest BCUT2D eigenvalue weighted by atomic mass is 10.2. The Kier molecular flexibility index (Phi) is 3.98. The van der Waals surface area contributed by atoms with E-state index in [2.05, 4.69) is 9.71 Å². The minimum atomic E-state index is -3.81. The van der Waals surface area contributed by atoms with E-state index in [-0.39, 0.29) is 22.9 Å². The van der Waals surface area contributed by atoms with Gasteiger partial charge in [0.2, 0.25) is 10.0 Å². The van der Waals surface area contributed by atoms with Crippen molar-refractivity contribution < 1.29 is 13.5 Å². The number of nitrogens with zero attached hydrogens (tertiary/aromatic N) is 2. The fourth-order valence-corrected chi connectivity index (χ4v) is 2.68. The molecular weight excluding hydrogens is 278 g/mol.